The van der Waals surface area contributed by atoms with Crippen molar-refractivity contribution < 1.29 is 9.53 Å². The van der Waals surface area contributed by atoms with Crippen LogP contribution in [0.4, 0.5) is 5.69 Å². The van der Waals surface area contributed by atoms with Gasteiger partial charge in [-0.15, -0.1) is 11.3 Å². The number of benzene rings is 2. The third kappa shape index (κ3) is 4.41. The lowest BCUT2D eigenvalue weighted by Crippen LogP contribution is -2.47. The van der Waals surface area contributed by atoms with Crippen LogP contribution in [-0.2, 0) is 10.3 Å². The molecule has 0 aliphatic rings. The first kappa shape index (κ1) is 20.6. The lowest BCUT2D eigenvalue weighted by atomic mass is 10.0. The van der Waals surface area contributed by atoms with Gasteiger partial charge < -0.3 is 10.1 Å². The van der Waals surface area contributed by atoms with E-state index in [1.807, 2.05) is 60.0 Å². The number of para-hydroxylation sites is 3. The highest BCUT2D eigenvalue weighted by molar-refractivity contribution is 7.13. The number of aromatic nitrogens is 2. The second-order valence-electron chi connectivity index (χ2n) is 7.37. The van der Waals surface area contributed by atoms with Gasteiger partial charge in [0.15, 0.2) is 5.75 Å². The summed E-state index contributed by atoms with van der Waals surface area (Å²) in [4.78, 5) is 26.7. The maximum absolute atomic E-state index is 13.2. The van der Waals surface area contributed by atoms with Gasteiger partial charge in [0.05, 0.1) is 10.6 Å². The van der Waals surface area contributed by atoms with Crippen molar-refractivity contribution in [1.29, 1.82) is 0 Å². The monoisotopic (exact) mass is 431 g/mol. The summed E-state index contributed by atoms with van der Waals surface area (Å²) in [7, 11) is 0. The first-order chi connectivity index (χ1) is 14.9. The minimum atomic E-state index is -1.23. The first-order valence-electron chi connectivity index (χ1n) is 9.73. The summed E-state index contributed by atoms with van der Waals surface area (Å²) in [6.07, 6.45) is 0. The largest absolute Gasteiger partial charge is 0.455 e. The Balaban J connectivity index is 1.62. The Bertz CT molecular complexity index is 1250. The molecule has 0 unspecified atom stereocenters. The molecule has 0 fully saturated rings. The second-order valence-corrected chi connectivity index (χ2v) is 8.32. The second kappa shape index (κ2) is 8.57. The summed E-state index contributed by atoms with van der Waals surface area (Å²) in [6.45, 7) is 3.32. The van der Waals surface area contributed by atoms with Gasteiger partial charge >= 0.3 is 0 Å². The molecule has 0 spiro atoms. The number of amides is 1. The molecule has 0 saturated carbocycles. The number of ether oxygens (including phenoxy) is 1. The average Bonchev–Trinajstić information content (AvgIpc) is 3.31. The van der Waals surface area contributed by atoms with Gasteiger partial charge in [-0.3, -0.25) is 9.59 Å². The van der Waals surface area contributed by atoms with Crippen molar-refractivity contribution in [3.8, 4) is 22.1 Å². The number of carbonyl (C=O) groups is 1. The third-order valence-electron chi connectivity index (χ3n) is 4.77. The number of thiophene rings is 1. The third-order valence-corrected chi connectivity index (χ3v) is 5.66. The highest BCUT2D eigenvalue weighted by Gasteiger charge is 2.33. The zero-order chi connectivity index (χ0) is 21.8. The van der Waals surface area contributed by atoms with Gasteiger partial charge in [0.2, 0.25) is 0 Å². The molecule has 0 aliphatic carbocycles. The fourth-order valence-electron chi connectivity index (χ4n) is 3.01. The van der Waals surface area contributed by atoms with Crippen LogP contribution < -0.4 is 15.6 Å². The minimum Gasteiger partial charge on any atom is -0.455 e. The number of nitrogens with zero attached hydrogens (tertiary/aromatic N) is 2. The maximum Gasteiger partial charge on any atom is 0.267 e. The topological polar surface area (TPSA) is 73.2 Å². The van der Waals surface area contributed by atoms with Crippen molar-refractivity contribution in [2.45, 2.75) is 19.4 Å². The highest BCUT2D eigenvalue weighted by Crippen LogP contribution is 2.30. The van der Waals surface area contributed by atoms with E-state index in [2.05, 4.69) is 10.4 Å². The zero-order valence-electron chi connectivity index (χ0n) is 17.1. The predicted molar refractivity (Wildman–Crippen MR) is 123 cm³/mol. The van der Waals surface area contributed by atoms with Gasteiger partial charge in [-0.25, -0.2) is 4.68 Å². The molecule has 31 heavy (non-hydrogen) atoms. The number of hydrogen-bond acceptors (Lipinski definition) is 5. The summed E-state index contributed by atoms with van der Waals surface area (Å²) in [5, 5.41) is 9.29. The molecule has 0 aliphatic heterocycles. The Labute approximate surface area is 183 Å². The van der Waals surface area contributed by atoms with Crippen molar-refractivity contribution in [1.82, 2.24) is 9.78 Å². The summed E-state index contributed by atoms with van der Waals surface area (Å²) in [6, 6.07) is 23.4. The lowest BCUT2D eigenvalue weighted by molar-refractivity contribution is -0.123. The Morgan fingerprint density at radius 3 is 2.45 bits per heavy atom. The fourth-order valence-corrected chi connectivity index (χ4v) is 3.70. The van der Waals surface area contributed by atoms with Gasteiger partial charge in [-0.1, -0.05) is 36.4 Å². The minimum absolute atomic E-state index is 0.353. The van der Waals surface area contributed by atoms with Crippen molar-refractivity contribution in [2.24, 2.45) is 0 Å². The van der Waals surface area contributed by atoms with E-state index in [0.717, 1.165) is 4.88 Å². The van der Waals surface area contributed by atoms with Crippen molar-refractivity contribution >= 4 is 22.9 Å². The van der Waals surface area contributed by atoms with Crippen LogP contribution in [0.2, 0.25) is 0 Å². The van der Waals surface area contributed by atoms with Crippen LogP contribution in [0.1, 0.15) is 13.8 Å². The highest BCUT2D eigenvalue weighted by atomic mass is 32.1. The van der Waals surface area contributed by atoms with Crippen molar-refractivity contribution in [2.75, 3.05) is 5.32 Å². The van der Waals surface area contributed by atoms with Crippen molar-refractivity contribution in [3.63, 3.8) is 0 Å². The van der Waals surface area contributed by atoms with E-state index in [0.29, 0.717) is 22.9 Å². The Hall–Kier alpha value is -3.71. The van der Waals surface area contributed by atoms with Crippen LogP contribution in [0.15, 0.2) is 89.0 Å². The van der Waals surface area contributed by atoms with Gasteiger partial charge in [-0.2, -0.15) is 5.10 Å². The van der Waals surface area contributed by atoms with Gasteiger partial charge in [-0.05, 0) is 55.6 Å². The predicted octanol–water partition coefficient (Wildman–Crippen LogP) is 5.14. The quantitative estimate of drug-likeness (QED) is 0.459. The Morgan fingerprint density at radius 2 is 1.71 bits per heavy atom. The maximum atomic E-state index is 13.2. The van der Waals surface area contributed by atoms with Crippen LogP contribution in [0, 0.1) is 0 Å². The van der Waals surface area contributed by atoms with Crippen LogP contribution in [-0.4, -0.2) is 15.7 Å². The average molecular weight is 432 g/mol. The number of rotatable bonds is 6. The molecule has 6 nitrogen and oxygen atoms in total. The molecule has 0 bridgehead atoms. The molecule has 156 valence electrons. The van der Waals surface area contributed by atoms with Crippen LogP contribution in [0.25, 0.3) is 10.6 Å². The molecule has 7 heteroatoms. The van der Waals surface area contributed by atoms with Crippen LogP contribution >= 0.6 is 11.3 Å². The Kier molecular flexibility index (Phi) is 5.68. The molecule has 0 radical (unpaired) electrons. The summed E-state index contributed by atoms with van der Waals surface area (Å²) < 4.78 is 7.14. The molecule has 2 aromatic carbocycles. The molecule has 0 saturated heterocycles. The zero-order valence-corrected chi connectivity index (χ0v) is 17.9. The molecule has 1 N–H and O–H groups in total. The van der Waals surface area contributed by atoms with Crippen LogP contribution in [0.3, 0.4) is 0 Å². The standard InChI is InChI=1S/C24H21N3O3S/c1-24(2,27-22(28)15-14-19(26-27)21-13-8-16-31-21)23(29)25-18-11-6-7-12-20(18)30-17-9-4-3-5-10-17/h3-16H,1-2H3,(H,25,29). The number of hydrogen-bond donors (Lipinski definition) is 1. The number of carbonyl (C=O) groups excluding carboxylic acids is 1. The fraction of sp³-hybridized carbons (Fsp3) is 0.125. The molecule has 1 amide bonds. The van der Waals surface area contributed by atoms with Crippen molar-refractivity contribution in [3.05, 3.63) is 94.6 Å². The summed E-state index contributed by atoms with van der Waals surface area (Å²) in [5.74, 6) is 0.782. The molecule has 2 heterocycles. The first-order valence-corrected chi connectivity index (χ1v) is 10.6. The molecule has 0 atom stereocenters. The number of nitrogens with one attached hydrogen (secondary N) is 1. The molecular formula is C24H21N3O3S. The van der Waals surface area contributed by atoms with E-state index in [1.54, 1.807) is 32.0 Å². The summed E-state index contributed by atoms with van der Waals surface area (Å²) >= 11 is 1.52. The van der Waals surface area contributed by atoms with Gasteiger partial charge in [0.25, 0.3) is 11.5 Å². The van der Waals surface area contributed by atoms with E-state index >= 15 is 0 Å². The molecule has 4 rings (SSSR count). The Morgan fingerprint density at radius 1 is 0.968 bits per heavy atom. The number of anilines is 1. The van der Waals surface area contributed by atoms with Gasteiger partial charge in [0, 0.05) is 6.07 Å². The molecular weight excluding hydrogens is 410 g/mol. The molecule has 4 aromatic rings. The van der Waals surface area contributed by atoms with E-state index < -0.39 is 5.54 Å². The van der Waals surface area contributed by atoms with E-state index in [9.17, 15) is 9.59 Å². The lowest BCUT2D eigenvalue weighted by Gasteiger charge is -2.25. The smallest absolute Gasteiger partial charge is 0.267 e. The van der Waals surface area contributed by atoms with E-state index in [-0.39, 0.29) is 11.5 Å². The van der Waals surface area contributed by atoms with Gasteiger partial charge in [0.1, 0.15) is 17.0 Å². The van der Waals surface area contributed by atoms with E-state index in [1.165, 1.54) is 22.1 Å². The summed E-state index contributed by atoms with van der Waals surface area (Å²) in [5.41, 5.74) is -0.436. The van der Waals surface area contributed by atoms with E-state index in [4.69, 9.17) is 4.74 Å². The SMILES string of the molecule is CC(C)(C(=O)Nc1ccccc1Oc1ccccc1)n1nc(-c2cccs2)ccc1=O. The van der Waals surface area contributed by atoms with Crippen LogP contribution in [0.5, 0.6) is 11.5 Å². The molecule has 2 aromatic heterocycles. The normalized spacial score (nSPS) is 11.2.